The Morgan fingerprint density at radius 1 is 0.892 bits per heavy atom. The zero-order chi connectivity index (χ0) is 25.4. The Balaban J connectivity index is 0.939. The van der Waals surface area contributed by atoms with Crippen LogP contribution in [-0.4, -0.2) is 29.2 Å². The van der Waals surface area contributed by atoms with Crippen LogP contribution in [0.25, 0.3) is 10.9 Å². The van der Waals surface area contributed by atoms with Crippen molar-refractivity contribution < 1.29 is 5.11 Å². The molecule has 1 aromatic heterocycles. The lowest BCUT2D eigenvalue weighted by Gasteiger charge is -2.30. The molecule has 1 heterocycles. The summed E-state index contributed by atoms with van der Waals surface area (Å²) in [7, 11) is 4.15. The summed E-state index contributed by atoms with van der Waals surface area (Å²) in [6, 6.07) is 16.9. The van der Waals surface area contributed by atoms with Crippen LogP contribution >= 0.6 is 0 Å². The van der Waals surface area contributed by atoms with Crippen molar-refractivity contribution in [1.29, 1.82) is 0 Å². The summed E-state index contributed by atoms with van der Waals surface area (Å²) < 4.78 is 0. The third kappa shape index (κ3) is 5.14. The monoisotopic (exact) mass is 497 g/mol. The van der Waals surface area contributed by atoms with Crippen molar-refractivity contribution >= 4 is 16.7 Å². The van der Waals surface area contributed by atoms with Crippen molar-refractivity contribution in [2.75, 3.05) is 19.0 Å². The summed E-state index contributed by atoms with van der Waals surface area (Å²) in [6.45, 7) is 0. The molecule has 37 heavy (non-hydrogen) atoms. The van der Waals surface area contributed by atoms with Crippen molar-refractivity contribution in [3.63, 3.8) is 0 Å². The van der Waals surface area contributed by atoms with Crippen molar-refractivity contribution in [2.24, 2.45) is 17.3 Å². The second-order valence-electron chi connectivity index (χ2n) is 12.5. The highest BCUT2D eigenvalue weighted by molar-refractivity contribution is 5.89. The SMILES string of the molecule is CN(C)c1nc(CC[C@H]2CC23CCC(CCCCC2CC(O)c4ccccc42)CC3)nc2ccccc12. The van der Waals surface area contributed by atoms with Crippen molar-refractivity contribution in [2.45, 2.75) is 89.1 Å². The number of aliphatic hydroxyl groups is 1. The zero-order valence-corrected chi connectivity index (χ0v) is 22.7. The first-order valence-electron chi connectivity index (χ1n) is 14.7. The molecule has 0 aliphatic heterocycles. The van der Waals surface area contributed by atoms with Gasteiger partial charge >= 0.3 is 0 Å². The molecule has 1 spiro atoms. The van der Waals surface area contributed by atoms with Crippen LogP contribution in [-0.2, 0) is 6.42 Å². The van der Waals surface area contributed by atoms with E-state index in [-0.39, 0.29) is 6.10 Å². The largest absolute Gasteiger partial charge is 0.388 e. The molecular weight excluding hydrogens is 454 g/mol. The smallest absolute Gasteiger partial charge is 0.139 e. The third-order valence-electron chi connectivity index (χ3n) is 9.95. The number of anilines is 1. The topological polar surface area (TPSA) is 49.2 Å². The molecule has 3 atom stereocenters. The van der Waals surface area contributed by atoms with Crippen LogP contribution in [0, 0.1) is 17.3 Å². The van der Waals surface area contributed by atoms with Crippen LogP contribution in [0.4, 0.5) is 5.82 Å². The van der Waals surface area contributed by atoms with Crippen molar-refractivity contribution in [3.8, 4) is 0 Å². The number of aryl methyl sites for hydroxylation is 1. The minimum absolute atomic E-state index is 0.245. The van der Waals surface area contributed by atoms with Gasteiger partial charge in [-0.15, -0.1) is 0 Å². The second-order valence-corrected chi connectivity index (χ2v) is 12.5. The highest BCUT2D eigenvalue weighted by Crippen LogP contribution is 2.64. The summed E-state index contributed by atoms with van der Waals surface area (Å²) in [4.78, 5) is 11.9. The van der Waals surface area contributed by atoms with Gasteiger partial charge in [-0.3, -0.25) is 0 Å². The van der Waals surface area contributed by atoms with Gasteiger partial charge in [0.2, 0.25) is 0 Å². The molecular formula is C33H43N3O. The molecule has 0 saturated heterocycles. The molecule has 0 radical (unpaired) electrons. The first-order chi connectivity index (χ1) is 18.0. The molecule has 2 aromatic carbocycles. The number of aliphatic hydroxyl groups excluding tert-OH is 1. The van der Waals surface area contributed by atoms with Gasteiger partial charge < -0.3 is 10.0 Å². The Bertz CT molecular complexity index is 1230. The normalized spacial score (nSPS) is 28.5. The maximum atomic E-state index is 10.4. The molecule has 0 bridgehead atoms. The number of nitrogens with zero attached hydrogens (tertiary/aromatic N) is 3. The van der Waals surface area contributed by atoms with E-state index in [2.05, 4.69) is 67.5 Å². The average molecular weight is 498 g/mol. The van der Waals surface area contributed by atoms with Crippen LogP contribution in [0.15, 0.2) is 48.5 Å². The van der Waals surface area contributed by atoms with E-state index < -0.39 is 0 Å². The lowest BCUT2D eigenvalue weighted by atomic mass is 9.76. The highest BCUT2D eigenvalue weighted by atomic mass is 16.3. The molecule has 2 saturated carbocycles. The second kappa shape index (κ2) is 10.4. The van der Waals surface area contributed by atoms with E-state index in [1.54, 1.807) is 0 Å². The first-order valence-corrected chi connectivity index (χ1v) is 14.7. The lowest BCUT2D eigenvalue weighted by Crippen LogP contribution is -2.17. The number of hydrogen-bond donors (Lipinski definition) is 1. The van der Waals surface area contributed by atoms with Crippen LogP contribution in [0.2, 0.25) is 0 Å². The minimum atomic E-state index is -0.245. The number of rotatable bonds is 9. The maximum absolute atomic E-state index is 10.4. The Morgan fingerprint density at radius 2 is 1.62 bits per heavy atom. The fourth-order valence-electron chi connectivity index (χ4n) is 7.66. The summed E-state index contributed by atoms with van der Waals surface area (Å²) in [5.74, 6) is 4.42. The van der Waals surface area contributed by atoms with E-state index in [4.69, 9.17) is 9.97 Å². The molecule has 4 nitrogen and oxygen atoms in total. The third-order valence-corrected chi connectivity index (χ3v) is 9.95. The Labute approximate surface area is 222 Å². The maximum Gasteiger partial charge on any atom is 0.139 e. The van der Waals surface area contributed by atoms with Gasteiger partial charge in [-0.2, -0.15) is 0 Å². The van der Waals surface area contributed by atoms with Crippen LogP contribution in [0.5, 0.6) is 0 Å². The first kappa shape index (κ1) is 24.9. The molecule has 1 N–H and O–H groups in total. The van der Waals surface area contributed by atoms with Gasteiger partial charge in [-0.1, -0.05) is 55.7 Å². The van der Waals surface area contributed by atoms with E-state index in [1.807, 2.05) is 0 Å². The number of hydrogen-bond acceptors (Lipinski definition) is 4. The molecule has 2 fully saturated rings. The van der Waals surface area contributed by atoms with Crippen LogP contribution in [0.1, 0.15) is 99.6 Å². The summed E-state index contributed by atoms with van der Waals surface area (Å²) in [6.07, 6.45) is 15.4. The Morgan fingerprint density at radius 3 is 2.43 bits per heavy atom. The molecule has 3 aliphatic carbocycles. The van der Waals surface area contributed by atoms with E-state index in [9.17, 15) is 5.11 Å². The number of aromatic nitrogens is 2. The average Bonchev–Trinajstić information content (AvgIpc) is 3.49. The highest BCUT2D eigenvalue weighted by Gasteiger charge is 2.53. The molecule has 3 aromatic rings. The Hall–Kier alpha value is -2.46. The van der Waals surface area contributed by atoms with E-state index in [0.29, 0.717) is 11.3 Å². The number of fused-ring (bicyclic) bond motifs is 2. The van der Waals surface area contributed by atoms with E-state index in [0.717, 1.165) is 47.2 Å². The van der Waals surface area contributed by atoms with Crippen LogP contribution < -0.4 is 4.90 Å². The van der Waals surface area contributed by atoms with Crippen molar-refractivity contribution in [1.82, 2.24) is 9.97 Å². The molecule has 196 valence electrons. The molecule has 4 heteroatoms. The summed E-state index contributed by atoms with van der Waals surface area (Å²) >= 11 is 0. The summed E-state index contributed by atoms with van der Waals surface area (Å²) in [5, 5.41) is 11.5. The minimum Gasteiger partial charge on any atom is -0.388 e. The van der Waals surface area contributed by atoms with Gasteiger partial charge in [0, 0.05) is 25.9 Å². The summed E-state index contributed by atoms with van der Waals surface area (Å²) in [5.41, 5.74) is 4.29. The fraction of sp³-hybridized carbons (Fsp3) is 0.576. The molecule has 2 unspecified atom stereocenters. The van der Waals surface area contributed by atoms with E-state index in [1.165, 1.54) is 75.3 Å². The van der Waals surface area contributed by atoms with Gasteiger partial charge in [-0.25, -0.2) is 9.97 Å². The van der Waals surface area contributed by atoms with E-state index >= 15 is 0 Å². The van der Waals surface area contributed by atoms with Gasteiger partial charge in [0.05, 0.1) is 11.6 Å². The number of para-hydroxylation sites is 1. The lowest BCUT2D eigenvalue weighted by molar-refractivity contribution is 0.171. The standard InChI is InChI=1S/C33H43N3O/c1-36(2)32-28-13-7-8-14-29(28)34-31(35-32)16-15-25-22-33(25)19-17-23(18-20-33)9-3-4-10-24-21-30(37)27-12-6-5-11-26(24)27/h5-8,11-14,23-25,30,37H,3-4,9-10,15-22H2,1-2H3/t23?,24?,25-,30?,33?/m0/s1. The Kier molecular flexibility index (Phi) is 6.96. The number of benzene rings is 2. The molecule has 6 rings (SSSR count). The fourth-order valence-corrected chi connectivity index (χ4v) is 7.66. The zero-order valence-electron chi connectivity index (χ0n) is 22.7. The van der Waals surface area contributed by atoms with Gasteiger partial charge in [-0.05, 0) is 97.8 Å². The quantitative estimate of drug-likeness (QED) is 0.309. The predicted molar refractivity (Wildman–Crippen MR) is 152 cm³/mol. The number of unbranched alkanes of at least 4 members (excludes halogenated alkanes) is 1. The van der Waals surface area contributed by atoms with Gasteiger partial charge in [0.25, 0.3) is 0 Å². The molecule has 0 amide bonds. The van der Waals surface area contributed by atoms with Gasteiger partial charge in [0.15, 0.2) is 0 Å². The van der Waals surface area contributed by atoms with Crippen molar-refractivity contribution in [3.05, 3.63) is 65.5 Å². The predicted octanol–water partition coefficient (Wildman–Crippen LogP) is 7.61. The van der Waals surface area contributed by atoms with Crippen LogP contribution in [0.3, 0.4) is 0 Å². The molecule has 3 aliphatic rings. The van der Waals surface area contributed by atoms with Gasteiger partial charge in [0.1, 0.15) is 11.6 Å².